The molecule has 1 unspecified atom stereocenters. The SMILES string of the molecule is CCCn1ncnc1C(C)Nc1cc(C(C)C)nc2cc(C)nn12. The number of nitrogens with zero attached hydrogens (tertiary/aromatic N) is 6. The minimum atomic E-state index is 0.0224. The summed E-state index contributed by atoms with van der Waals surface area (Å²) in [5.74, 6) is 2.21. The van der Waals surface area contributed by atoms with Crippen LogP contribution < -0.4 is 5.32 Å². The number of hydrogen-bond acceptors (Lipinski definition) is 5. The maximum absolute atomic E-state index is 4.70. The summed E-state index contributed by atoms with van der Waals surface area (Å²) in [6.45, 7) is 11.4. The summed E-state index contributed by atoms with van der Waals surface area (Å²) in [6.07, 6.45) is 2.64. The number of rotatable bonds is 6. The Hall–Kier alpha value is -2.44. The van der Waals surface area contributed by atoms with Crippen LogP contribution in [0.2, 0.25) is 0 Å². The van der Waals surface area contributed by atoms with Gasteiger partial charge in [-0.2, -0.15) is 14.7 Å². The standard InChI is InChI=1S/C17H25N7/c1-6-7-23-17(18-10-19-23)13(5)20-16-9-14(11(2)3)21-15-8-12(4)22-24(15)16/h8-11,13,20H,6-7H2,1-5H3. The van der Waals surface area contributed by atoms with Crippen LogP contribution in [-0.4, -0.2) is 29.4 Å². The molecule has 7 heteroatoms. The zero-order chi connectivity index (χ0) is 17.3. The summed E-state index contributed by atoms with van der Waals surface area (Å²) >= 11 is 0. The maximum Gasteiger partial charge on any atom is 0.157 e. The minimum Gasteiger partial charge on any atom is -0.360 e. The van der Waals surface area contributed by atoms with Crippen molar-refractivity contribution in [2.75, 3.05) is 5.32 Å². The highest BCUT2D eigenvalue weighted by molar-refractivity contribution is 5.51. The summed E-state index contributed by atoms with van der Waals surface area (Å²) in [7, 11) is 0. The zero-order valence-electron chi connectivity index (χ0n) is 15.0. The van der Waals surface area contributed by atoms with Crippen LogP contribution in [0.15, 0.2) is 18.5 Å². The van der Waals surface area contributed by atoms with Crippen molar-refractivity contribution in [3.8, 4) is 0 Å². The van der Waals surface area contributed by atoms with Gasteiger partial charge in [0.05, 0.1) is 11.7 Å². The van der Waals surface area contributed by atoms with Gasteiger partial charge in [-0.1, -0.05) is 20.8 Å². The lowest BCUT2D eigenvalue weighted by atomic mass is 10.1. The number of aromatic nitrogens is 6. The molecule has 1 atom stereocenters. The van der Waals surface area contributed by atoms with Crippen LogP contribution in [0.1, 0.15) is 63.3 Å². The predicted octanol–water partition coefficient (Wildman–Crippen LogP) is 3.34. The molecule has 0 aliphatic rings. The van der Waals surface area contributed by atoms with Crippen LogP contribution in [-0.2, 0) is 6.54 Å². The van der Waals surface area contributed by atoms with Crippen molar-refractivity contribution in [1.29, 1.82) is 0 Å². The van der Waals surface area contributed by atoms with E-state index < -0.39 is 0 Å². The van der Waals surface area contributed by atoms with E-state index in [4.69, 9.17) is 4.98 Å². The van der Waals surface area contributed by atoms with E-state index in [0.717, 1.165) is 41.6 Å². The fourth-order valence-electron chi connectivity index (χ4n) is 2.79. The van der Waals surface area contributed by atoms with Crippen molar-refractivity contribution in [3.63, 3.8) is 0 Å². The molecule has 0 radical (unpaired) electrons. The van der Waals surface area contributed by atoms with Gasteiger partial charge in [0.2, 0.25) is 0 Å². The average Bonchev–Trinajstić information content (AvgIpc) is 3.13. The van der Waals surface area contributed by atoms with Crippen molar-refractivity contribution in [2.45, 2.75) is 59.5 Å². The molecule has 7 nitrogen and oxygen atoms in total. The molecule has 24 heavy (non-hydrogen) atoms. The molecule has 3 aromatic rings. The van der Waals surface area contributed by atoms with Gasteiger partial charge in [0.1, 0.15) is 18.0 Å². The molecule has 0 saturated carbocycles. The molecule has 1 N–H and O–H groups in total. The maximum atomic E-state index is 4.70. The van der Waals surface area contributed by atoms with Gasteiger partial charge in [0.15, 0.2) is 5.65 Å². The lowest BCUT2D eigenvalue weighted by molar-refractivity contribution is 0.552. The molecule has 128 valence electrons. The molecule has 0 bridgehead atoms. The van der Waals surface area contributed by atoms with Crippen LogP contribution in [0.3, 0.4) is 0 Å². The first-order valence-electron chi connectivity index (χ1n) is 8.51. The van der Waals surface area contributed by atoms with Crippen LogP contribution in [0.5, 0.6) is 0 Å². The van der Waals surface area contributed by atoms with E-state index in [9.17, 15) is 0 Å². The van der Waals surface area contributed by atoms with E-state index in [1.54, 1.807) is 6.33 Å². The number of hydrogen-bond donors (Lipinski definition) is 1. The largest absolute Gasteiger partial charge is 0.360 e. The quantitative estimate of drug-likeness (QED) is 0.752. The van der Waals surface area contributed by atoms with Crippen molar-refractivity contribution in [1.82, 2.24) is 29.4 Å². The summed E-state index contributed by atoms with van der Waals surface area (Å²) in [5, 5.41) is 12.4. The fraction of sp³-hybridized carbons (Fsp3) is 0.529. The van der Waals surface area contributed by atoms with E-state index in [0.29, 0.717) is 5.92 Å². The van der Waals surface area contributed by atoms with Gasteiger partial charge in [0, 0.05) is 24.4 Å². The third-order valence-corrected chi connectivity index (χ3v) is 3.99. The second-order valence-electron chi connectivity index (χ2n) is 6.48. The van der Waals surface area contributed by atoms with Crippen LogP contribution in [0, 0.1) is 6.92 Å². The molecule has 3 aromatic heterocycles. The predicted molar refractivity (Wildman–Crippen MR) is 94.2 cm³/mol. The molecule has 0 fully saturated rings. The topological polar surface area (TPSA) is 72.9 Å². The van der Waals surface area contributed by atoms with Gasteiger partial charge in [-0.05, 0) is 26.2 Å². The Bertz CT molecular complexity index is 831. The third-order valence-electron chi connectivity index (χ3n) is 3.99. The smallest absolute Gasteiger partial charge is 0.157 e. The molecule has 3 rings (SSSR count). The molecule has 0 aliphatic carbocycles. The Kier molecular flexibility index (Phi) is 4.51. The van der Waals surface area contributed by atoms with Gasteiger partial charge < -0.3 is 5.32 Å². The lowest BCUT2D eigenvalue weighted by Crippen LogP contribution is -2.17. The molecule has 0 saturated heterocycles. The second-order valence-corrected chi connectivity index (χ2v) is 6.48. The highest BCUT2D eigenvalue weighted by Crippen LogP contribution is 2.23. The Morgan fingerprint density at radius 3 is 2.71 bits per heavy atom. The normalized spacial score (nSPS) is 12.9. The Morgan fingerprint density at radius 1 is 1.21 bits per heavy atom. The van der Waals surface area contributed by atoms with Gasteiger partial charge in [0.25, 0.3) is 0 Å². The molecular weight excluding hydrogens is 302 g/mol. The van der Waals surface area contributed by atoms with E-state index in [1.165, 1.54) is 0 Å². The molecule has 0 amide bonds. The zero-order valence-corrected chi connectivity index (χ0v) is 15.0. The highest BCUT2D eigenvalue weighted by Gasteiger charge is 2.16. The summed E-state index contributed by atoms with van der Waals surface area (Å²) in [4.78, 5) is 9.12. The minimum absolute atomic E-state index is 0.0224. The van der Waals surface area contributed by atoms with Crippen LogP contribution in [0.25, 0.3) is 5.65 Å². The van der Waals surface area contributed by atoms with Gasteiger partial charge >= 0.3 is 0 Å². The van der Waals surface area contributed by atoms with Crippen molar-refractivity contribution in [3.05, 3.63) is 35.7 Å². The first-order valence-corrected chi connectivity index (χ1v) is 8.51. The number of anilines is 1. The lowest BCUT2D eigenvalue weighted by Gasteiger charge is -2.17. The fourth-order valence-corrected chi connectivity index (χ4v) is 2.79. The number of aryl methyl sites for hydroxylation is 2. The molecule has 0 aromatic carbocycles. The Balaban J connectivity index is 1.97. The monoisotopic (exact) mass is 327 g/mol. The van der Waals surface area contributed by atoms with E-state index in [-0.39, 0.29) is 6.04 Å². The molecular formula is C17H25N7. The second kappa shape index (κ2) is 6.59. The number of fused-ring (bicyclic) bond motifs is 1. The average molecular weight is 327 g/mol. The van der Waals surface area contributed by atoms with Crippen LogP contribution in [0.4, 0.5) is 5.82 Å². The van der Waals surface area contributed by atoms with Crippen molar-refractivity contribution >= 4 is 11.5 Å². The van der Waals surface area contributed by atoms with Gasteiger partial charge in [-0.15, -0.1) is 0 Å². The Morgan fingerprint density at radius 2 is 2.00 bits per heavy atom. The molecule has 0 aliphatic heterocycles. The van der Waals surface area contributed by atoms with Gasteiger partial charge in [-0.3, -0.25) is 0 Å². The van der Waals surface area contributed by atoms with E-state index in [2.05, 4.69) is 54.3 Å². The first kappa shape index (κ1) is 16.4. The summed E-state index contributed by atoms with van der Waals surface area (Å²) < 4.78 is 3.81. The van der Waals surface area contributed by atoms with E-state index >= 15 is 0 Å². The third kappa shape index (κ3) is 3.11. The number of nitrogens with one attached hydrogen (secondary N) is 1. The summed E-state index contributed by atoms with van der Waals surface area (Å²) in [6, 6.07) is 4.09. The van der Waals surface area contributed by atoms with Crippen molar-refractivity contribution < 1.29 is 0 Å². The van der Waals surface area contributed by atoms with Gasteiger partial charge in [-0.25, -0.2) is 14.6 Å². The van der Waals surface area contributed by atoms with Crippen molar-refractivity contribution in [2.24, 2.45) is 0 Å². The highest BCUT2D eigenvalue weighted by atomic mass is 15.4. The van der Waals surface area contributed by atoms with Crippen LogP contribution >= 0.6 is 0 Å². The molecule has 3 heterocycles. The Labute approximate surface area is 142 Å². The first-order chi connectivity index (χ1) is 11.5. The van der Waals surface area contributed by atoms with E-state index in [1.807, 2.05) is 22.2 Å². The summed E-state index contributed by atoms with van der Waals surface area (Å²) in [5.41, 5.74) is 2.86. The molecule has 0 spiro atoms.